The average molecular weight is 384 g/mol. The summed E-state index contributed by atoms with van der Waals surface area (Å²) >= 11 is 2.03. The zero-order valence-electron chi connectivity index (χ0n) is 11.5. The first-order valence-electron chi connectivity index (χ1n) is 6.64. The van der Waals surface area contributed by atoms with Crippen LogP contribution in [-0.4, -0.2) is 16.6 Å². The predicted octanol–water partition coefficient (Wildman–Crippen LogP) is 3.53. The number of halogens is 1. The molecule has 1 atom stereocenters. The lowest BCUT2D eigenvalue weighted by Crippen LogP contribution is -2.19. The van der Waals surface area contributed by atoms with Crippen molar-refractivity contribution in [2.24, 2.45) is 0 Å². The third-order valence-electron chi connectivity index (χ3n) is 2.97. The Morgan fingerprint density at radius 3 is 2.60 bits per heavy atom. The van der Waals surface area contributed by atoms with E-state index in [1.54, 1.807) is 0 Å². The Morgan fingerprint density at radius 2 is 2.00 bits per heavy atom. The Hall–Kier alpha value is -1.21. The van der Waals surface area contributed by atoms with Crippen LogP contribution in [0.5, 0.6) is 0 Å². The molecule has 2 rings (SSSR count). The van der Waals surface area contributed by atoms with E-state index in [1.165, 1.54) is 0 Å². The quantitative estimate of drug-likeness (QED) is 0.803. The van der Waals surface area contributed by atoms with Crippen molar-refractivity contribution in [1.82, 2.24) is 9.97 Å². The lowest BCUT2D eigenvalue weighted by atomic mass is 10.1. The Morgan fingerprint density at radius 1 is 1.30 bits per heavy atom. The maximum atomic E-state index is 12.1. The third-order valence-corrected chi connectivity index (χ3v) is 3.97. The van der Waals surface area contributed by atoms with Gasteiger partial charge in [0.15, 0.2) is 0 Å². The number of ether oxygens (including phenoxy) is 1. The fraction of sp³-hybridized carbons (Fsp3) is 0.333. The summed E-state index contributed by atoms with van der Waals surface area (Å²) in [6, 6.07) is 9.73. The van der Waals surface area contributed by atoms with Crippen LogP contribution in [0.15, 0.2) is 35.1 Å². The molecule has 106 valence electrons. The molecule has 0 bridgehead atoms. The second-order valence-corrected chi connectivity index (χ2v) is 5.41. The van der Waals surface area contributed by atoms with Crippen LogP contribution in [0.1, 0.15) is 32.2 Å². The summed E-state index contributed by atoms with van der Waals surface area (Å²) in [6.07, 6.45) is 0.596. The molecular weight excluding hydrogens is 367 g/mol. The number of rotatable bonds is 5. The number of benzene rings is 1. The van der Waals surface area contributed by atoms with Gasteiger partial charge >= 0.3 is 0 Å². The highest BCUT2D eigenvalue weighted by Crippen LogP contribution is 2.23. The van der Waals surface area contributed by atoms with E-state index in [-0.39, 0.29) is 11.7 Å². The van der Waals surface area contributed by atoms with Crippen molar-refractivity contribution < 1.29 is 4.74 Å². The standard InChI is InChI=1S/C15H17IN2O2/c1-3-11(20-4-2)14-17-13(12(16)15(19)18-14)10-8-6-5-7-9-10/h5-9,11H,3-4H2,1-2H3,(H,17,18,19). The molecule has 0 saturated heterocycles. The average Bonchev–Trinajstić information content (AvgIpc) is 2.48. The molecule has 0 aliphatic heterocycles. The molecule has 0 radical (unpaired) electrons. The lowest BCUT2D eigenvalue weighted by molar-refractivity contribution is 0.0533. The van der Waals surface area contributed by atoms with Gasteiger partial charge in [-0.05, 0) is 35.9 Å². The van der Waals surface area contributed by atoms with E-state index in [4.69, 9.17) is 4.74 Å². The highest BCUT2D eigenvalue weighted by molar-refractivity contribution is 14.1. The summed E-state index contributed by atoms with van der Waals surface area (Å²) in [7, 11) is 0. The van der Waals surface area contributed by atoms with Crippen LogP contribution in [0.2, 0.25) is 0 Å². The summed E-state index contributed by atoms with van der Waals surface area (Å²) in [4.78, 5) is 19.5. The van der Waals surface area contributed by atoms with Crippen LogP contribution in [0, 0.1) is 3.57 Å². The summed E-state index contributed by atoms with van der Waals surface area (Å²) in [6.45, 7) is 4.54. The molecule has 20 heavy (non-hydrogen) atoms. The normalized spacial score (nSPS) is 12.3. The number of hydrogen-bond donors (Lipinski definition) is 1. The molecule has 1 N–H and O–H groups in total. The lowest BCUT2D eigenvalue weighted by Gasteiger charge is -2.15. The molecule has 0 spiro atoms. The monoisotopic (exact) mass is 384 g/mol. The second-order valence-electron chi connectivity index (χ2n) is 4.33. The number of nitrogens with one attached hydrogen (secondary N) is 1. The van der Waals surface area contributed by atoms with E-state index in [2.05, 4.69) is 9.97 Å². The van der Waals surface area contributed by atoms with Gasteiger partial charge in [-0.3, -0.25) is 4.79 Å². The second kappa shape index (κ2) is 6.99. The van der Waals surface area contributed by atoms with Crippen LogP contribution < -0.4 is 5.56 Å². The van der Waals surface area contributed by atoms with E-state index in [1.807, 2.05) is 66.8 Å². The Bertz CT molecular complexity index is 626. The molecule has 1 aromatic heterocycles. The number of aromatic amines is 1. The van der Waals surface area contributed by atoms with Crippen LogP contribution in [0.4, 0.5) is 0 Å². The first-order valence-corrected chi connectivity index (χ1v) is 7.72. The molecular formula is C15H17IN2O2. The topological polar surface area (TPSA) is 55.0 Å². The molecule has 2 aromatic rings. The van der Waals surface area contributed by atoms with Gasteiger partial charge in [0, 0.05) is 12.2 Å². The Balaban J connectivity index is 2.53. The molecule has 0 saturated carbocycles. The van der Waals surface area contributed by atoms with Gasteiger partial charge < -0.3 is 9.72 Å². The fourth-order valence-electron chi connectivity index (χ4n) is 2.01. The molecule has 1 heterocycles. The number of H-pyrrole nitrogens is 1. The van der Waals surface area contributed by atoms with Crippen LogP contribution in [0.3, 0.4) is 0 Å². The minimum Gasteiger partial charge on any atom is -0.371 e. The van der Waals surface area contributed by atoms with Crippen LogP contribution >= 0.6 is 22.6 Å². The summed E-state index contributed by atoms with van der Waals surface area (Å²) < 4.78 is 6.23. The highest BCUT2D eigenvalue weighted by Gasteiger charge is 2.16. The number of hydrogen-bond acceptors (Lipinski definition) is 3. The molecule has 0 aliphatic carbocycles. The fourth-order valence-corrected chi connectivity index (χ4v) is 2.57. The zero-order chi connectivity index (χ0) is 14.5. The van der Waals surface area contributed by atoms with Crippen molar-refractivity contribution in [1.29, 1.82) is 0 Å². The molecule has 0 fully saturated rings. The number of aromatic nitrogens is 2. The molecule has 0 aliphatic rings. The Labute approximate surface area is 131 Å². The van der Waals surface area contributed by atoms with Gasteiger partial charge in [-0.1, -0.05) is 37.3 Å². The third kappa shape index (κ3) is 3.27. The minimum absolute atomic E-state index is 0.118. The van der Waals surface area contributed by atoms with Crippen molar-refractivity contribution in [3.05, 3.63) is 50.1 Å². The van der Waals surface area contributed by atoms with Crippen molar-refractivity contribution in [3.8, 4) is 11.3 Å². The Kier molecular flexibility index (Phi) is 5.31. The van der Waals surface area contributed by atoms with E-state index in [0.29, 0.717) is 21.7 Å². The van der Waals surface area contributed by atoms with Crippen LogP contribution in [0.25, 0.3) is 11.3 Å². The summed E-state index contributed by atoms with van der Waals surface area (Å²) in [5.41, 5.74) is 1.53. The largest absolute Gasteiger partial charge is 0.371 e. The molecule has 4 nitrogen and oxygen atoms in total. The SMILES string of the molecule is CCOC(CC)c1nc(-c2ccccc2)c(I)c(=O)[nH]1. The van der Waals surface area contributed by atoms with Gasteiger partial charge in [0.05, 0.1) is 5.69 Å². The van der Waals surface area contributed by atoms with Crippen molar-refractivity contribution >= 4 is 22.6 Å². The van der Waals surface area contributed by atoms with Crippen LogP contribution in [-0.2, 0) is 4.74 Å². The van der Waals surface area contributed by atoms with Gasteiger partial charge in [0.25, 0.3) is 5.56 Å². The van der Waals surface area contributed by atoms with Crippen molar-refractivity contribution in [2.75, 3.05) is 6.61 Å². The van der Waals surface area contributed by atoms with Crippen molar-refractivity contribution in [2.45, 2.75) is 26.4 Å². The maximum absolute atomic E-state index is 12.1. The van der Waals surface area contributed by atoms with E-state index in [9.17, 15) is 4.79 Å². The first kappa shape index (κ1) is 15.2. The maximum Gasteiger partial charge on any atom is 0.265 e. The van der Waals surface area contributed by atoms with Gasteiger partial charge in [0.2, 0.25) is 0 Å². The molecule has 1 aromatic carbocycles. The predicted molar refractivity (Wildman–Crippen MR) is 87.7 cm³/mol. The summed E-state index contributed by atoms with van der Waals surface area (Å²) in [5.74, 6) is 0.596. The smallest absolute Gasteiger partial charge is 0.265 e. The van der Waals surface area contributed by atoms with E-state index in [0.717, 1.165) is 12.0 Å². The minimum atomic E-state index is -0.174. The molecule has 5 heteroatoms. The zero-order valence-corrected chi connectivity index (χ0v) is 13.7. The number of nitrogens with zero attached hydrogens (tertiary/aromatic N) is 1. The van der Waals surface area contributed by atoms with Gasteiger partial charge in [-0.15, -0.1) is 0 Å². The van der Waals surface area contributed by atoms with Crippen molar-refractivity contribution in [3.63, 3.8) is 0 Å². The highest BCUT2D eigenvalue weighted by atomic mass is 127. The summed E-state index contributed by atoms with van der Waals surface area (Å²) in [5, 5.41) is 0. The van der Waals surface area contributed by atoms with E-state index < -0.39 is 0 Å². The van der Waals surface area contributed by atoms with E-state index >= 15 is 0 Å². The molecule has 1 unspecified atom stereocenters. The molecule has 0 amide bonds. The van der Waals surface area contributed by atoms with Gasteiger partial charge in [-0.2, -0.15) is 0 Å². The first-order chi connectivity index (χ1) is 9.67. The van der Waals surface area contributed by atoms with Gasteiger partial charge in [-0.25, -0.2) is 4.98 Å². The van der Waals surface area contributed by atoms with Gasteiger partial charge in [0.1, 0.15) is 15.5 Å².